The molecule has 1 aromatic carbocycles. The number of anilines is 2. The van der Waals surface area contributed by atoms with E-state index in [4.69, 9.17) is 16.2 Å². The standard InChI is InChI=1S/C11H16N2O2/c1-3-15-11(14)7(2)8-5-4-6-9(12)10(8)13/h4-7H,3,12-13H2,1-2H3. The lowest BCUT2D eigenvalue weighted by molar-refractivity contribution is -0.144. The SMILES string of the molecule is CCOC(=O)C(C)c1cccc(N)c1N. The van der Waals surface area contributed by atoms with Crippen LogP contribution in [0.3, 0.4) is 0 Å². The molecule has 0 aromatic heterocycles. The monoisotopic (exact) mass is 208 g/mol. The number of ether oxygens (including phenoxy) is 1. The minimum absolute atomic E-state index is 0.283. The number of esters is 1. The zero-order chi connectivity index (χ0) is 11.4. The lowest BCUT2D eigenvalue weighted by Gasteiger charge is -2.14. The average Bonchev–Trinajstić information content (AvgIpc) is 2.21. The van der Waals surface area contributed by atoms with Crippen LogP contribution < -0.4 is 11.5 Å². The molecule has 0 heterocycles. The Morgan fingerprint density at radius 1 is 1.47 bits per heavy atom. The maximum atomic E-state index is 11.5. The number of nitrogen functional groups attached to an aromatic ring is 2. The van der Waals surface area contributed by atoms with E-state index < -0.39 is 0 Å². The van der Waals surface area contributed by atoms with E-state index in [2.05, 4.69) is 0 Å². The fraction of sp³-hybridized carbons (Fsp3) is 0.364. The van der Waals surface area contributed by atoms with Gasteiger partial charge < -0.3 is 16.2 Å². The summed E-state index contributed by atoms with van der Waals surface area (Å²) in [6.07, 6.45) is 0. The highest BCUT2D eigenvalue weighted by Gasteiger charge is 2.19. The summed E-state index contributed by atoms with van der Waals surface area (Å²) in [5, 5.41) is 0. The normalized spacial score (nSPS) is 12.1. The van der Waals surface area contributed by atoms with E-state index in [1.807, 2.05) is 0 Å². The van der Waals surface area contributed by atoms with Crippen LogP contribution in [0.5, 0.6) is 0 Å². The molecule has 0 radical (unpaired) electrons. The van der Waals surface area contributed by atoms with E-state index in [-0.39, 0.29) is 11.9 Å². The molecule has 82 valence electrons. The number of carbonyl (C=O) groups is 1. The Morgan fingerprint density at radius 3 is 2.73 bits per heavy atom. The number of hydrogen-bond donors (Lipinski definition) is 2. The van der Waals surface area contributed by atoms with Crippen LogP contribution in [-0.4, -0.2) is 12.6 Å². The molecule has 4 nitrogen and oxygen atoms in total. The van der Waals surface area contributed by atoms with Gasteiger partial charge in [-0.3, -0.25) is 4.79 Å². The van der Waals surface area contributed by atoms with Crippen LogP contribution in [-0.2, 0) is 9.53 Å². The van der Waals surface area contributed by atoms with Gasteiger partial charge in [-0.25, -0.2) is 0 Å². The highest BCUT2D eigenvalue weighted by atomic mass is 16.5. The van der Waals surface area contributed by atoms with Crippen LogP contribution in [0.25, 0.3) is 0 Å². The summed E-state index contributed by atoms with van der Waals surface area (Å²) >= 11 is 0. The number of carbonyl (C=O) groups excluding carboxylic acids is 1. The molecule has 1 rings (SSSR count). The first-order valence-corrected chi connectivity index (χ1v) is 4.88. The summed E-state index contributed by atoms with van der Waals surface area (Å²) in [5.41, 5.74) is 13.1. The summed E-state index contributed by atoms with van der Waals surface area (Å²) in [6, 6.07) is 5.26. The molecule has 0 fully saturated rings. The van der Waals surface area contributed by atoms with Crippen LogP contribution in [0.15, 0.2) is 18.2 Å². The molecule has 0 amide bonds. The van der Waals surface area contributed by atoms with Crippen LogP contribution in [0.4, 0.5) is 11.4 Å². The molecular formula is C11H16N2O2. The van der Waals surface area contributed by atoms with Gasteiger partial charge in [-0.1, -0.05) is 12.1 Å². The van der Waals surface area contributed by atoms with E-state index in [1.54, 1.807) is 32.0 Å². The Kier molecular flexibility index (Phi) is 3.55. The molecule has 0 saturated carbocycles. The van der Waals surface area contributed by atoms with Gasteiger partial charge in [0.1, 0.15) is 0 Å². The van der Waals surface area contributed by atoms with Gasteiger partial charge >= 0.3 is 5.97 Å². The number of benzene rings is 1. The molecule has 0 aliphatic carbocycles. The van der Waals surface area contributed by atoms with Gasteiger partial charge in [0.15, 0.2) is 0 Å². The van der Waals surface area contributed by atoms with Crippen molar-refractivity contribution < 1.29 is 9.53 Å². The smallest absolute Gasteiger partial charge is 0.313 e. The molecule has 4 N–H and O–H groups in total. The summed E-state index contributed by atoms with van der Waals surface area (Å²) in [5.74, 6) is -0.664. The summed E-state index contributed by atoms with van der Waals surface area (Å²) < 4.78 is 4.92. The quantitative estimate of drug-likeness (QED) is 0.583. The van der Waals surface area contributed by atoms with Crippen molar-refractivity contribution >= 4 is 17.3 Å². The second kappa shape index (κ2) is 4.68. The zero-order valence-electron chi connectivity index (χ0n) is 8.99. The van der Waals surface area contributed by atoms with Crippen LogP contribution in [0, 0.1) is 0 Å². The fourth-order valence-electron chi connectivity index (χ4n) is 1.37. The van der Waals surface area contributed by atoms with Crippen molar-refractivity contribution in [2.24, 2.45) is 0 Å². The van der Waals surface area contributed by atoms with Gasteiger partial charge in [0, 0.05) is 0 Å². The lowest BCUT2D eigenvalue weighted by atomic mass is 9.99. The van der Waals surface area contributed by atoms with Gasteiger partial charge in [0.05, 0.1) is 23.9 Å². The van der Waals surface area contributed by atoms with Crippen molar-refractivity contribution in [2.45, 2.75) is 19.8 Å². The van der Waals surface area contributed by atoms with E-state index in [0.29, 0.717) is 23.5 Å². The molecule has 1 atom stereocenters. The largest absolute Gasteiger partial charge is 0.466 e. The Hall–Kier alpha value is -1.71. The number of para-hydroxylation sites is 1. The molecular weight excluding hydrogens is 192 g/mol. The first-order valence-electron chi connectivity index (χ1n) is 4.88. The summed E-state index contributed by atoms with van der Waals surface area (Å²) in [7, 11) is 0. The maximum Gasteiger partial charge on any atom is 0.313 e. The minimum atomic E-state index is -0.381. The van der Waals surface area contributed by atoms with Crippen molar-refractivity contribution in [3.8, 4) is 0 Å². The molecule has 0 aliphatic heterocycles. The number of hydrogen-bond acceptors (Lipinski definition) is 4. The molecule has 0 saturated heterocycles. The molecule has 15 heavy (non-hydrogen) atoms. The number of nitrogens with two attached hydrogens (primary N) is 2. The van der Waals surface area contributed by atoms with Gasteiger partial charge in [0.25, 0.3) is 0 Å². The maximum absolute atomic E-state index is 11.5. The van der Waals surface area contributed by atoms with E-state index >= 15 is 0 Å². The van der Waals surface area contributed by atoms with Crippen LogP contribution in [0.1, 0.15) is 25.3 Å². The lowest BCUT2D eigenvalue weighted by Crippen LogP contribution is -2.15. The Morgan fingerprint density at radius 2 is 2.13 bits per heavy atom. The Labute approximate surface area is 89.2 Å². The summed E-state index contributed by atoms with van der Waals surface area (Å²) in [4.78, 5) is 11.5. The molecule has 1 unspecified atom stereocenters. The average molecular weight is 208 g/mol. The second-order valence-electron chi connectivity index (χ2n) is 3.32. The van der Waals surface area contributed by atoms with Crippen LogP contribution in [0.2, 0.25) is 0 Å². The van der Waals surface area contributed by atoms with Crippen molar-refractivity contribution in [1.29, 1.82) is 0 Å². The predicted molar refractivity (Wildman–Crippen MR) is 60.3 cm³/mol. The topological polar surface area (TPSA) is 78.3 Å². The van der Waals surface area contributed by atoms with Crippen molar-refractivity contribution in [2.75, 3.05) is 18.1 Å². The van der Waals surface area contributed by atoms with Crippen molar-refractivity contribution in [3.05, 3.63) is 23.8 Å². The molecule has 0 spiro atoms. The molecule has 0 bridgehead atoms. The predicted octanol–water partition coefficient (Wildman–Crippen LogP) is 1.52. The van der Waals surface area contributed by atoms with Gasteiger partial charge in [0.2, 0.25) is 0 Å². The first kappa shape index (κ1) is 11.4. The third-order valence-corrected chi connectivity index (χ3v) is 2.28. The first-order chi connectivity index (χ1) is 7.07. The van der Waals surface area contributed by atoms with E-state index in [1.165, 1.54) is 0 Å². The van der Waals surface area contributed by atoms with Gasteiger partial charge in [-0.2, -0.15) is 0 Å². The van der Waals surface area contributed by atoms with Crippen molar-refractivity contribution in [3.63, 3.8) is 0 Å². The summed E-state index contributed by atoms with van der Waals surface area (Å²) in [6.45, 7) is 3.89. The van der Waals surface area contributed by atoms with Crippen LogP contribution >= 0.6 is 0 Å². The third kappa shape index (κ3) is 2.40. The molecule has 1 aromatic rings. The fourth-order valence-corrected chi connectivity index (χ4v) is 1.37. The van der Waals surface area contributed by atoms with Gasteiger partial charge in [-0.05, 0) is 25.5 Å². The van der Waals surface area contributed by atoms with Crippen molar-refractivity contribution in [1.82, 2.24) is 0 Å². The van der Waals surface area contributed by atoms with E-state index in [0.717, 1.165) is 0 Å². The molecule has 0 aliphatic rings. The minimum Gasteiger partial charge on any atom is -0.466 e. The van der Waals surface area contributed by atoms with Gasteiger partial charge in [-0.15, -0.1) is 0 Å². The highest BCUT2D eigenvalue weighted by molar-refractivity contribution is 5.82. The molecule has 4 heteroatoms. The Bertz CT molecular complexity index is 364. The number of rotatable bonds is 3. The Balaban J connectivity index is 2.96. The van der Waals surface area contributed by atoms with E-state index in [9.17, 15) is 4.79 Å². The zero-order valence-corrected chi connectivity index (χ0v) is 8.99. The second-order valence-corrected chi connectivity index (χ2v) is 3.32. The third-order valence-electron chi connectivity index (χ3n) is 2.28. The highest BCUT2D eigenvalue weighted by Crippen LogP contribution is 2.27.